The molecule has 2 nitrogen and oxygen atoms in total. The zero-order valence-corrected chi connectivity index (χ0v) is 4.15. The predicted molar refractivity (Wildman–Crippen MR) is 28.8 cm³/mol. The lowest BCUT2D eigenvalue weighted by atomic mass is 10.6. The third kappa shape index (κ3) is 3.85. The Morgan fingerprint density at radius 2 is 2.50 bits per heavy atom. The van der Waals surface area contributed by atoms with Crippen LogP contribution in [0.4, 0.5) is 0 Å². The van der Waals surface area contributed by atoms with E-state index in [4.69, 9.17) is 5.11 Å². The maximum absolute atomic E-state index is 7.94. The molecule has 0 saturated carbocycles. The summed E-state index contributed by atoms with van der Waals surface area (Å²) in [5, 5.41) is 7.94. The molecule has 0 saturated heterocycles. The Labute approximate surface area is 42.4 Å². The van der Waals surface area contributed by atoms with E-state index in [1.165, 1.54) is 0 Å². The molecule has 0 aliphatic rings. The van der Waals surface area contributed by atoms with Gasteiger partial charge in [-0.1, -0.05) is 12.8 Å². The Morgan fingerprint density at radius 1 is 1.83 bits per heavy atom. The third-order valence-corrected chi connectivity index (χ3v) is 0.497. The van der Waals surface area contributed by atoms with Gasteiger partial charge < -0.3 is 5.11 Å². The number of thiol groups is 1. The van der Waals surface area contributed by atoms with E-state index in [0.717, 1.165) is 6.26 Å². The van der Waals surface area contributed by atoms with Crippen LogP contribution in [-0.4, -0.2) is 11.7 Å². The minimum absolute atomic E-state index is 0.597. The van der Waals surface area contributed by atoms with Gasteiger partial charge in [0.15, 0.2) is 0 Å². The van der Waals surface area contributed by atoms with Gasteiger partial charge in [0, 0.05) is 6.54 Å². The van der Waals surface area contributed by atoms with Gasteiger partial charge in [-0.15, -0.1) is 0 Å². The van der Waals surface area contributed by atoms with Crippen molar-refractivity contribution in [2.45, 2.75) is 0 Å². The van der Waals surface area contributed by atoms with Gasteiger partial charge in [-0.2, -0.15) is 0 Å². The van der Waals surface area contributed by atoms with Gasteiger partial charge in [0.25, 0.3) is 0 Å². The molecule has 2 N–H and O–H groups in total. The van der Waals surface area contributed by atoms with Crippen molar-refractivity contribution in [1.82, 2.24) is 4.72 Å². The Bertz CT molecular complexity index is 46.1. The summed E-state index contributed by atoms with van der Waals surface area (Å²) in [4.78, 5) is 0. The fraction of sp³-hybridized carbons (Fsp3) is 0.333. The van der Waals surface area contributed by atoms with Gasteiger partial charge in [-0.05, 0) is 6.08 Å². The largest absolute Gasteiger partial charge is 0.516 e. The van der Waals surface area contributed by atoms with E-state index in [1.807, 2.05) is 0 Å². The molecule has 36 valence electrons. The molecule has 0 aliphatic carbocycles. The van der Waals surface area contributed by atoms with Crippen molar-refractivity contribution in [3.8, 4) is 0 Å². The van der Waals surface area contributed by atoms with E-state index in [-0.39, 0.29) is 0 Å². The first kappa shape index (κ1) is 5.85. The SMILES string of the molecule is OC=CCNS. The minimum atomic E-state index is 0.597. The molecule has 0 rings (SSSR count). The molecular weight excluding hydrogens is 98.1 g/mol. The standard InChI is InChI=1S/C3H7NOS/c5-3-1-2-4-6/h1,3-6H,2H2. The van der Waals surface area contributed by atoms with E-state index in [1.54, 1.807) is 6.08 Å². The van der Waals surface area contributed by atoms with Crippen LogP contribution >= 0.6 is 12.8 Å². The van der Waals surface area contributed by atoms with Crippen LogP contribution in [0.3, 0.4) is 0 Å². The summed E-state index contributed by atoms with van der Waals surface area (Å²) in [5.41, 5.74) is 0. The van der Waals surface area contributed by atoms with Gasteiger partial charge in [-0.3, -0.25) is 4.72 Å². The molecule has 0 aromatic carbocycles. The van der Waals surface area contributed by atoms with Gasteiger partial charge >= 0.3 is 0 Å². The van der Waals surface area contributed by atoms with Gasteiger partial charge in [0.2, 0.25) is 0 Å². The van der Waals surface area contributed by atoms with Crippen molar-refractivity contribution in [3.05, 3.63) is 12.3 Å². The molecule has 0 spiro atoms. The molecule has 0 aromatic heterocycles. The van der Waals surface area contributed by atoms with E-state index < -0.39 is 0 Å². The van der Waals surface area contributed by atoms with Crippen molar-refractivity contribution in [2.24, 2.45) is 0 Å². The second-order valence-corrected chi connectivity index (χ2v) is 1.06. The van der Waals surface area contributed by atoms with Crippen LogP contribution < -0.4 is 4.72 Å². The van der Waals surface area contributed by atoms with Crippen LogP contribution in [-0.2, 0) is 0 Å². The van der Waals surface area contributed by atoms with Crippen LogP contribution in [0, 0.1) is 0 Å². The van der Waals surface area contributed by atoms with Crippen molar-refractivity contribution < 1.29 is 5.11 Å². The highest BCUT2D eigenvalue weighted by Crippen LogP contribution is 1.63. The zero-order valence-electron chi connectivity index (χ0n) is 3.26. The van der Waals surface area contributed by atoms with Crippen LogP contribution in [0.2, 0.25) is 0 Å². The Morgan fingerprint density at radius 3 is 2.67 bits per heavy atom. The molecule has 0 unspecified atom stereocenters. The first-order chi connectivity index (χ1) is 2.91. The molecule has 6 heavy (non-hydrogen) atoms. The Kier molecular flexibility index (Phi) is 4.73. The summed E-state index contributed by atoms with van der Waals surface area (Å²) in [6.07, 6.45) is 2.52. The molecule has 0 bridgehead atoms. The first-order valence-corrected chi connectivity index (χ1v) is 2.02. The number of aliphatic hydroxyl groups is 1. The highest BCUT2D eigenvalue weighted by molar-refractivity contribution is 7.78. The van der Waals surface area contributed by atoms with Crippen LogP contribution in [0.1, 0.15) is 0 Å². The molecule has 0 heterocycles. The van der Waals surface area contributed by atoms with Crippen LogP contribution in [0.15, 0.2) is 12.3 Å². The Balaban J connectivity index is 2.66. The Hall–Kier alpha value is -0.150. The van der Waals surface area contributed by atoms with Crippen molar-refractivity contribution >= 4 is 12.8 Å². The first-order valence-electron chi connectivity index (χ1n) is 1.58. The van der Waals surface area contributed by atoms with Crippen LogP contribution in [0.5, 0.6) is 0 Å². The topological polar surface area (TPSA) is 32.3 Å². The maximum atomic E-state index is 7.94. The van der Waals surface area contributed by atoms with Gasteiger partial charge in [0.1, 0.15) is 0 Å². The number of hydrogen-bond acceptors (Lipinski definition) is 3. The molecule has 0 atom stereocenters. The normalized spacial score (nSPS) is 10.2. The lowest BCUT2D eigenvalue weighted by Gasteiger charge is -1.80. The summed E-state index contributed by atoms with van der Waals surface area (Å²) < 4.78 is 2.52. The number of nitrogens with one attached hydrogen (secondary N) is 1. The summed E-state index contributed by atoms with van der Waals surface area (Å²) >= 11 is 3.64. The van der Waals surface area contributed by atoms with E-state index in [0.29, 0.717) is 6.54 Å². The summed E-state index contributed by atoms with van der Waals surface area (Å²) in [5.74, 6) is 0. The van der Waals surface area contributed by atoms with Crippen LogP contribution in [0.25, 0.3) is 0 Å². The zero-order chi connectivity index (χ0) is 4.83. The van der Waals surface area contributed by atoms with E-state index in [9.17, 15) is 0 Å². The fourth-order valence-corrected chi connectivity index (χ4v) is 0.211. The van der Waals surface area contributed by atoms with Gasteiger partial charge in [-0.25, -0.2) is 0 Å². The van der Waals surface area contributed by atoms with Crippen molar-refractivity contribution in [2.75, 3.05) is 6.54 Å². The third-order valence-electron chi connectivity index (χ3n) is 0.315. The quantitative estimate of drug-likeness (QED) is 0.353. The van der Waals surface area contributed by atoms with E-state index in [2.05, 4.69) is 17.5 Å². The molecule has 0 amide bonds. The van der Waals surface area contributed by atoms with Crippen molar-refractivity contribution in [1.29, 1.82) is 0 Å². The average Bonchev–Trinajstić information content (AvgIpc) is 1.61. The maximum Gasteiger partial charge on any atom is 0.0764 e. The number of aliphatic hydroxyl groups excluding tert-OH is 1. The molecule has 0 radical (unpaired) electrons. The second kappa shape index (κ2) is 4.85. The molecular formula is C3H7NOS. The smallest absolute Gasteiger partial charge is 0.0764 e. The molecule has 0 fully saturated rings. The summed E-state index contributed by atoms with van der Waals surface area (Å²) in [6.45, 7) is 0.597. The number of rotatable bonds is 2. The number of hydrogen-bond donors (Lipinski definition) is 3. The van der Waals surface area contributed by atoms with Crippen molar-refractivity contribution in [3.63, 3.8) is 0 Å². The monoisotopic (exact) mass is 105 g/mol. The lowest BCUT2D eigenvalue weighted by molar-refractivity contribution is 0.471. The molecule has 0 aliphatic heterocycles. The predicted octanol–water partition coefficient (Wildman–Crippen LogP) is 0.492. The minimum Gasteiger partial charge on any atom is -0.516 e. The highest BCUT2D eigenvalue weighted by atomic mass is 32.1. The second-order valence-electron chi connectivity index (χ2n) is 0.747. The highest BCUT2D eigenvalue weighted by Gasteiger charge is 1.63. The molecule has 3 heteroatoms. The van der Waals surface area contributed by atoms with Gasteiger partial charge in [0.05, 0.1) is 6.26 Å². The lowest BCUT2D eigenvalue weighted by Crippen LogP contribution is -1.94. The summed E-state index contributed by atoms with van der Waals surface area (Å²) in [6, 6.07) is 0. The van der Waals surface area contributed by atoms with E-state index >= 15 is 0 Å². The summed E-state index contributed by atoms with van der Waals surface area (Å²) in [7, 11) is 0. The average molecular weight is 105 g/mol. The fourth-order valence-electron chi connectivity index (χ4n) is 0.105. The molecule has 0 aromatic rings.